The number of nitro groups is 1. The zero-order valence-corrected chi connectivity index (χ0v) is 16.3. The van der Waals surface area contributed by atoms with Crippen molar-refractivity contribution in [2.24, 2.45) is 0 Å². The molecule has 140 valence electrons. The van der Waals surface area contributed by atoms with Gasteiger partial charge in [-0.25, -0.2) is 4.79 Å². The summed E-state index contributed by atoms with van der Waals surface area (Å²) in [5, 5.41) is 13.5. The monoisotopic (exact) mass is 432 g/mol. The molecule has 0 aliphatic carbocycles. The highest BCUT2D eigenvalue weighted by atomic mass is 79.9. The first kappa shape index (κ1) is 19.0. The fraction of sp³-hybridized carbons (Fsp3) is 0.263. The van der Waals surface area contributed by atoms with Crippen LogP contribution in [-0.4, -0.2) is 22.9 Å². The van der Waals surface area contributed by atoms with Crippen molar-refractivity contribution in [1.82, 2.24) is 0 Å². The van der Waals surface area contributed by atoms with Gasteiger partial charge in [0.15, 0.2) is 6.10 Å². The fourth-order valence-electron chi connectivity index (χ4n) is 2.85. The van der Waals surface area contributed by atoms with Crippen LogP contribution in [0.4, 0.5) is 11.4 Å². The Morgan fingerprint density at radius 1 is 1.30 bits per heavy atom. The molecule has 0 saturated heterocycles. The Morgan fingerprint density at radius 2 is 2.04 bits per heavy atom. The number of ether oxygens (including phenoxy) is 1. The van der Waals surface area contributed by atoms with E-state index >= 15 is 0 Å². The molecule has 0 saturated carbocycles. The average Bonchev–Trinajstić information content (AvgIpc) is 2.62. The van der Waals surface area contributed by atoms with E-state index in [9.17, 15) is 19.7 Å². The van der Waals surface area contributed by atoms with Crippen molar-refractivity contribution in [3.05, 3.63) is 67.7 Å². The predicted molar refractivity (Wildman–Crippen MR) is 103 cm³/mol. The molecule has 2 aromatic rings. The highest BCUT2D eigenvalue weighted by Crippen LogP contribution is 2.29. The highest BCUT2D eigenvalue weighted by molar-refractivity contribution is 9.10. The summed E-state index contributed by atoms with van der Waals surface area (Å²) in [4.78, 5) is 35.1. The Kier molecular flexibility index (Phi) is 5.27. The number of hydrogen-bond acceptors (Lipinski definition) is 5. The maximum Gasteiger partial charge on any atom is 0.339 e. The van der Waals surface area contributed by atoms with Gasteiger partial charge in [0.25, 0.3) is 11.6 Å². The van der Waals surface area contributed by atoms with Gasteiger partial charge in [-0.15, -0.1) is 0 Å². The van der Waals surface area contributed by atoms with Crippen molar-refractivity contribution in [2.45, 2.75) is 32.3 Å². The van der Waals surface area contributed by atoms with Crippen LogP contribution in [0.5, 0.6) is 0 Å². The van der Waals surface area contributed by atoms with Gasteiger partial charge < -0.3 is 10.1 Å². The number of esters is 1. The third-order valence-electron chi connectivity index (χ3n) is 4.38. The molecule has 0 fully saturated rings. The van der Waals surface area contributed by atoms with E-state index in [0.717, 1.165) is 11.1 Å². The molecule has 3 rings (SSSR count). The van der Waals surface area contributed by atoms with Gasteiger partial charge in [0.2, 0.25) is 0 Å². The van der Waals surface area contributed by atoms with Crippen molar-refractivity contribution in [1.29, 1.82) is 0 Å². The number of benzene rings is 2. The third-order valence-corrected chi connectivity index (χ3v) is 5.04. The molecule has 1 aliphatic rings. The van der Waals surface area contributed by atoms with E-state index in [4.69, 9.17) is 4.74 Å². The minimum Gasteiger partial charge on any atom is -0.448 e. The fourth-order valence-corrected chi connectivity index (χ4v) is 3.32. The number of nitro benzene ring substituents is 1. The van der Waals surface area contributed by atoms with Crippen LogP contribution < -0.4 is 5.32 Å². The molecule has 0 spiro atoms. The average molecular weight is 433 g/mol. The quantitative estimate of drug-likeness (QED) is 0.443. The normalized spacial score (nSPS) is 15.9. The van der Waals surface area contributed by atoms with Gasteiger partial charge in [-0.1, -0.05) is 26.0 Å². The first-order valence-corrected chi connectivity index (χ1v) is 9.14. The smallest absolute Gasteiger partial charge is 0.339 e. The summed E-state index contributed by atoms with van der Waals surface area (Å²) < 4.78 is 5.64. The van der Waals surface area contributed by atoms with Crippen molar-refractivity contribution in [2.75, 3.05) is 5.32 Å². The van der Waals surface area contributed by atoms with Gasteiger partial charge in [-0.2, -0.15) is 0 Å². The van der Waals surface area contributed by atoms with Crippen LogP contribution in [0.3, 0.4) is 0 Å². The van der Waals surface area contributed by atoms with Gasteiger partial charge in [0.05, 0.1) is 16.2 Å². The molecule has 0 bridgehead atoms. The molecule has 0 aromatic heterocycles. The number of carbonyl (C=O) groups is 2. The second-order valence-electron chi connectivity index (χ2n) is 6.58. The van der Waals surface area contributed by atoms with Crippen LogP contribution in [0.2, 0.25) is 0 Å². The summed E-state index contributed by atoms with van der Waals surface area (Å²) in [5.74, 6) is -0.718. The first-order valence-electron chi connectivity index (χ1n) is 8.35. The molecule has 1 unspecified atom stereocenters. The topological polar surface area (TPSA) is 98.5 Å². The summed E-state index contributed by atoms with van der Waals surface area (Å²) in [6, 6.07) is 9.56. The minimum atomic E-state index is -0.963. The maximum atomic E-state index is 12.6. The van der Waals surface area contributed by atoms with Crippen molar-refractivity contribution < 1.29 is 19.2 Å². The van der Waals surface area contributed by atoms with E-state index < -0.39 is 22.9 Å². The Morgan fingerprint density at radius 3 is 2.67 bits per heavy atom. The van der Waals surface area contributed by atoms with E-state index in [0.29, 0.717) is 21.6 Å². The largest absolute Gasteiger partial charge is 0.448 e. The number of nitrogens with one attached hydrogen (secondary N) is 1. The van der Waals surface area contributed by atoms with Gasteiger partial charge >= 0.3 is 5.97 Å². The third kappa shape index (κ3) is 4.00. The minimum absolute atomic E-state index is 0.0980. The molecule has 7 nitrogen and oxygen atoms in total. The number of cyclic esters (lactones) is 1. The van der Waals surface area contributed by atoms with Crippen LogP contribution in [0.1, 0.15) is 41.3 Å². The number of carbonyl (C=O) groups excluding carboxylic acids is 2. The lowest BCUT2D eigenvalue weighted by molar-refractivity contribution is -0.384. The number of fused-ring (bicyclic) bond motifs is 1. The number of hydrogen-bond donors (Lipinski definition) is 1. The van der Waals surface area contributed by atoms with Gasteiger partial charge in [-0.3, -0.25) is 14.9 Å². The first-order chi connectivity index (χ1) is 12.8. The zero-order chi connectivity index (χ0) is 19.7. The van der Waals surface area contributed by atoms with Crippen molar-refractivity contribution >= 4 is 39.2 Å². The molecular formula is C19H17BrN2O5. The number of non-ortho nitro benzene ring substituents is 1. The maximum absolute atomic E-state index is 12.6. The van der Waals surface area contributed by atoms with Gasteiger partial charge in [0.1, 0.15) is 0 Å². The second-order valence-corrected chi connectivity index (χ2v) is 7.43. The van der Waals surface area contributed by atoms with E-state index in [1.807, 2.05) is 12.1 Å². The zero-order valence-electron chi connectivity index (χ0n) is 14.7. The van der Waals surface area contributed by atoms with Crippen LogP contribution in [0, 0.1) is 10.1 Å². The molecule has 1 N–H and O–H groups in total. The summed E-state index contributed by atoms with van der Waals surface area (Å²) in [7, 11) is 0. The molecule has 1 atom stereocenters. The number of anilines is 1. The number of rotatable bonds is 4. The van der Waals surface area contributed by atoms with Gasteiger partial charge in [-0.05, 0) is 45.1 Å². The lowest BCUT2D eigenvalue weighted by atomic mass is 9.92. The Balaban J connectivity index is 1.79. The van der Waals surface area contributed by atoms with Crippen LogP contribution >= 0.6 is 15.9 Å². The lowest BCUT2D eigenvalue weighted by Gasteiger charge is -2.25. The summed E-state index contributed by atoms with van der Waals surface area (Å²) >= 11 is 3.20. The standard InChI is InChI=1S/C19H17BrN2O5/c1-10(2)11-3-5-14-12(7-11)8-17(27-19(14)24)18(23)21-16-6-4-13(22(25)26)9-15(16)20/h3-7,9-10,17H,8H2,1-2H3,(H,21,23). The van der Waals surface area contributed by atoms with Crippen LogP contribution in [-0.2, 0) is 16.0 Å². The van der Waals surface area contributed by atoms with Crippen LogP contribution in [0.15, 0.2) is 40.9 Å². The SMILES string of the molecule is CC(C)c1ccc2c(c1)CC(C(=O)Nc1ccc([N+](=O)[O-])cc1Br)OC2=O. The predicted octanol–water partition coefficient (Wildman–Crippen LogP) is 4.20. The van der Waals surface area contributed by atoms with E-state index in [2.05, 4.69) is 35.1 Å². The van der Waals surface area contributed by atoms with E-state index in [1.54, 1.807) is 6.07 Å². The molecule has 0 radical (unpaired) electrons. The summed E-state index contributed by atoms with van der Waals surface area (Å²) in [5.41, 5.74) is 2.60. The highest BCUT2D eigenvalue weighted by Gasteiger charge is 2.32. The molecule has 8 heteroatoms. The number of halogens is 1. The number of nitrogens with zero attached hydrogens (tertiary/aromatic N) is 1. The summed E-state index contributed by atoms with van der Waals surface area (Å²) in [6.07, 6.45) is -0.688. The van der Waals surface area contributed by atoms with Crippen molar-refractivity contribution in [3.8, 4) is 0 Å². The molecule has 1 aliphatic heterocycles. The molecular weight excluding hydrogens is 416 g/mol. The van der Waals surface area contributed by atoms with E-state index in [-0.39, 0.29) is 12.1 Å². The second kappa shape index (κ2) is 7.48. The lowest BCUT2D eigenvalue weighted by Crippen LogP contribution is -2.38. The Hall–Kier alpha value is -2.74. The van der Waals surface area contributed by atoms with E-state index in [1.165, 1.54) is 18.2 Å². The molecule has 2 aromatic carbocycles. The molecule has 1 heterocycles. The Labute approximate surface area is 164 Å². The number of amides is 1. The Bertz CT molecular complexity index is 942. The molecule has 27 heavy (non-hydrogen) atoms. The summed E-state index contributed by atoms with van der Waals surface area (Å²) in [6.45, 7) is 4.11. The molecule has 1 amide bonds. The van der Waals surface area contributed by atoms with Crippen LogP contribution in [0.25, 0.3) is 0 Å². The van der Waals surface area contributed by atoms with Gasteiger partial charge in [0, 0.05) is 23.0 Å². The van der Waals surface area contributed by atoms with Crippen molar-refractivity contribution in [3.63, 3.8) is 0 Å².